The summed E-state index contributed by atoms with van der Waals surface area (Å²) in [6, 6.07) is 9.40. The molecule has 0 radical (unpaired) electrons. The highest BCUT2D eigenvalue weighted by atomic mass is 33.1. The van der Waals surface area contributed by atoms with Crippen molar-refractivity contribution in [2.75, 3.05) is 12.3 Å². The number of hydrogen-bond donors (Lipinski definition) is 2. The van der Waals surface area contributed by atoms with Crippen LogP contribution in [-0.2, 0) is 4.79 Å². The van der Waals surface area contributed by atoms with Crippen molar-refractivity contribution in [1.82, 2.24) is 0 Å². The molecule has 3 N–H and O–H groups in total. The highest BCUT2D eigenvalue weighted by molar-refractivity contribution is 8.78. The number of benzene rings is 1. The lowest BCUT2D eigenvalue weighted by atomic mass is 10.2. The Morgan fingerprint density at radius 3 is 2.62 bits per heavy atom. The molecule has 1 aromatic rings. The van der Waals surface area contributed by atoms with Crippen molar-refractivity contribution in [3.05, 3.63) is 40.8 Å². The van der Waals surface area contributed by atoms with Gasteiger partial charge < -0.3 is 10.8 Å². The van der Waals surface area contributed by atoms with Crippen LogP contribution in [0.5, 0.6) is 0 Å². The Hall–Kier alpha value is -0.910. The summed E-state index contributed by atoms with van der Waals surface area (Å²) in [6.07, 6.45) is 1.66. The molecular formula is C11H13NO2S2. The van der Waals surface area contributed by atoms with Crippen LogP contribution in [0.2, 0.25) is 0 Å². The van der Waals surface area contributed by atoms with E-state index in [1.807, 2.05) is 30.3 Å². The molecule has 0 aliphatic carbocycles. The van der Waals surface area contributed by atoms with Crippen LogP contribution >= 0.6 is 21.6 Å². The van der Waals surface area contributed by atoms with Gasteiger partial charge in [0.25, 0.3) is 0 Å². The Bertz CT molecular complexity index is 366. The minimum atomic E-state index is -0.904. The van der Waals surface area contributed by atoms with E-state index in [0.29, 0.717) is 11.4 Å². The standard InChI is InChI=1S/C11H13NO2S2/c12-6-7-15-16-10(11(13)14)8-9-4-2-1-3-5-9/h1-5,8H,6-7,12H2,(H,13,14)/b10-8+. The summed E-state index contributed by atoms with van der Waals surface area (Å²) in [5, 5.41) is 9.00. The summed E-state index contributed by atoms with van der Waals surface area (Å²) in [6.45, 7) is 0.551. The first-order valence-electron chi connectivity index (χ1n) is 4.73. The largest absolute Gasteiger partial charge is 0.477 e. The summed E-state index contributed by atoms with van der Waals surface area (Å²) in [5.41, 5.74) is 6.23. The van der Waals surface area contributed by atoms with Crippen molar-refractivity contribution in [2.24, 2.45) is 5.73 Å². The van der Waals surface area contributed by atoms with Crippen LogP contribution in [0, 0.1) is 0 Å². The van der Waals surface area contributed by atoms with E-state index in [1.165, 1.54) is 21.6 Å². The van der Waals surface area contributed by atoms with Crippen molar-refractivity contribution >= 4 is 33.6 Å². The Labute approximate surface area is 103 Å². The van der Waals surface area contributed by atoms with E-state index in [4.69, 9.17) is 10.8 Å². The molecular weight excluding hydrogens is 242 g/mol. The number of rotatable bonds is 6. The third-order valence-corrected chi connectivity index (χ3v) is 4.04. The van der Waals surface area contributed by atoms with Crippen molar-refractivity contribution in [3.63, 3.8) is 0 Å². The normalized spacial score (nSPS) is 11.4. The molecule has 0 atom stereocenters. The molecule has 3 nitrogen and oxygen atoms in total. The highest BCUT2D eigenvalue weighted by Crippen LogP contribution is 2.31. The molecule has 1 rings (SSSR count). The van der Waals surface area contributed by atoms with Crippen molar-refractivity contribution in [1.29, 1.82) is 0 Å². The fourth-order valence-corrected chi connectivity index (χ4v) is 2.82. The molecule has 1 aromatic carbocycles. The van der Waals surface area contributed by atoms with Gasteiger partial charge in [0.2, 0.25) is 0 Å². The molecule has 16 heavy (non-hydrogen) atoms. The van der Waals surface area contributed by atoms with Gasteiger partial charge in [0.05, 0.1) is 0 Å². The molecule has 0 heterocycles. The Balaban J connectivity index is 2.70. The third-order valence-electron chi connectivity index (χ3n) is 1.66. The van der Waals surface area contributed by atoms with E-state index in [1.54, 1.807) is 6.08 Å². The van der Waals surface area contributed by atoms with E-state index >= 15 is 0 Å². The van der Waals surface area contributed by atoms with Gasteiger partial charge in [-0.1, -0.05) is 51.9 Å². The van der Waals surface area contributed by atoms with Gasteiger partial charge in [0, 0.05) is 12.3 Å². The second kappa shape index (κ2) is 7.38. The average Bonchev–Trinajstić information content (AvgIpc) is 2.29. The summed E-state index contributed by atoms with van der Waals surface area (Å²) in [5.74, 6) is -0.164. The lowest BCUT2D eigenvalue weighted by molar-refractivity contribution is -0.131. The number of carbonyl (C=O) groups is 1. The fourth-order valence-electron chi connectivity index (χ4n) is 0.975. The molecule has 0 saturated heterocycles. The lowest BCUT2D eigenvalue weighted by Crippen LogP contribution is -2.01. The maximum atomic E-state index is 11.0. The van der Waals surface area contributed by atoms with Crippen LogP contribution in [0.25, 0.3) is 6.08 Å². The summed E-state index contributed by atoms with van der Waals surface area (Å²) in [7, 11) is 2.70. The first-order valence-corrected chi connectivity index (χ1v) is 7.05. The van der Waals surface area contributed by atoms with Gasteiger partial charge in [-0.3, -0.25) is 0 Å². The van der Waals surface area contributed by atoms with Gasteiger partial charge in [-0.2, -0.15) is 0 Å². The van der Waals surface area contributed by atoms with Crippen molar-refractivity contribution in [3.8, 4) is 0 Å². The predicted octanol–water partition coefficient (Wildman–Crippen LogP) is 2.45. The molecule has 0 aromatic heterocycles. The van der Waals surface area contributed by atoms with Crippen LogP contribution in [0.4, 0.5) is 0 Å². The summed E-state index contributed by atoms with van der Waals surface area (Å²) < 4.78 is 0. The predicted molar refractivity (Wildman–Crippen MR) is 71.2 cm³/mol. The van der Waals surface area contributed by atoms with Crippen LogP contribution in [0.3, 0.4) is 0 Å². The molecule has 5 heteroatoms. The zero-order valence-electron chi connectivity index (χ0n) is 8.63. The lowest BCUT2D eigenvalue weighted by Gasteiger charge is -2.01. The van der Waals surface area contributed by atoms with E-state index in [9.17, 15) is 4.79 Å². The van der Waals surface area contributed by atoms with E-state index in [-0.39, 0.29) is 0 Å². The maximum absolute atomic E-state index is 11.0. The first kappa shape index (κ1) is 13.2. The van der Waals surface area contributed by atoms with Gasteiger partial charge in [-0.15, -0.1) is 0 Å². The number of carboxylic acids is 1. The third kappa shape index (κ3) is 4.74. The topological polar surface area (TPSA) is 63.3 Å². The van der Waals surface area contributed by atoms with Crippen LogP contribution in [0.15, 0.2) is 35.2 Å². The van der Waals surface area contributed by atoms with E-state index in [0.717, 1.165) is 11.3 Å². The molecule has 0 aliphatic rings. The SMILES string of the molecule is NCCSS/C(=C/c1ccccc1)C(=O)O. The van der Waals surface area contributed by atoms with Crippen LogP contribution in [0.1, 0.15) is 5.56 Å². The highest BCUT2D eigenvalue weighted by Gasteiger charge is 2.08. The van der Waals surface area contributed by atoms with Crippen LogP contribution in [-0.4, -0.2) is 23.4 Å². The average molecular weight is 255 g/mol. The van der Waals surface area contributed by atoms with Gasteiger partial charge in [-0.05, 0) is 11.6 Å². The fraction of sp³-hybridized carbons (Fsp3) is 0.182. The van der Waals surface area contributed by atoms with Gasteiger partial charge >= 0.3 is 5.97 Å². The maximum Gasteiger partial charge on any atom is 0.343 e. The minimum absolute atomic E-state index is 0.324. The van der Waals surface area contributed by atoms with E-state index in [2.05, 4.69) is 0 Å². The molecule has 0 aliphatic heterocycles. The van der Waals surface area contributed by atoms with Gasteiger partial charge in [-0.25, -0.2) is 4.79 Å². The molecule has 86 valence electrons. The molecule has 0 saturated carbocycles. The number of nitrogens with two attached hydrogens (primary N) is 1. The quantitative estimate of drug-likeness (QED) is 0.464. The number of hydrogen-bond acceptors (Lipinski definition) is 4. The monoisotopic (exact) mass is 255 g/mol. The van der Waals surface area contributed by atoms with E-state index < -0.39 is 5.97 Å². The first-order chi connectivity index (χ1) is 7.74. The molecule has 0 amide bonds. The molecule has 0 unspecified atom stereocenters. The summed E-state index contributed by atoms with van der Waals surface area (Å²) in [4.78, 5) is 11.3. The van der Waals surface area contributed by atoms with Crippen molar-refractivity contribution < 1.29 is 9.90 Å². The zero-order valence-corrected chi connectivity index (χ0v) is 10.3. The molecule has 0 spiro atoms. The number of carboxylic acid groups (broad SMARTS) is 1. The smallest absolute Gasteiger partial charge is 0.343 e. The zero-order chi connectivity index (χ0) is 11.8. The number of aliphatic carboxylic acids is 1. The van der Waals surface area contributed by atoms with Crippen LogP contribution < -0.4 is 5.73 Å². The Kier molecular flexibility index (Phi) is 6.07. The molecule has 0 bridgehead atoms. The Morgan fingerprint density at radius 1 is 1.38 bits per heavy atom. The van der Waals surface area contributed by atoms with Gasteiger partial charge in [0.1, 0.15) is 4.91 Å². The summed E-state index contributed by atoms with van der Waals surface area (Å²) >= 11 is 0. The Morgan fingerprint density at radius 2 is 2.06 bits per heavy atom. The molecule has 0 fully saturated rings. The minimum Gasteiger partial charge on any atom is -0.477 e. The second-order valence-electron chi connectivity index (χ2n) is 2.92. The van der Waals surface area contributed by atoms with Gasteiger partial charge in [0.15, 0.2) is 0 Å². The van der Waals surface area contributed by atoms with Crippen molar-refractivity contribution in [2.45, 2.75) is 0 Å². The second-order valence-corrected chi connectivity index (χ2v) is 5.38.